The van der Waals surface area contributed by atoms with Crippen LogP contribution in [0.15, 0.2) is 0 Å². The monoisotopic (exact) mass is 2060 g/mol. The molecule has 8 rings (SSSR count). The quantitative estimate of drug-likeness (QED) is 0.0371. The van der Waals surface area contributed by atoms with Crippen LogP contribution >= 0.6 is 0 Å². The van der Waals surface area contributed by atoms with Crippen molar-refractivity contribution < 1.29 is 220 Å². The normalized spacial score (nSPS) is 37.5. The van der Waals surface area contributed by atoms with Gasteiger partial charge < -0.3 is 214 Å². The zero-order valence-corrected chi connectivity index (χ0v) is 82.4. The number of aliphatic hydroxyl groups excluding tert-OH is 27. The molecule has 8 heterocycles. The van der Waals surface area contributed by atoms with Crippen LogP contribution in [0.3, 0.4) is 0 Å². The molecule has 39 atom stereocenters. The van der Waals surface area contributed by atoms with Crippen molar-refractivity contribution in [3.05, 3.63) is 0 Å². The van der Waals surface area contributed by atoms with E-state index in [-0.39, 0.29) is 34.5 Å². The Morgan fingerprint density at radius 1 is 0.234 bits per heavy atom. The van der Waals surface area contributed by atoms with Crippen LogP contribution in [0, 0.1) is 5.41 Å². The van der Waals surface area contributed by atoms with E-state index in [2.05, 4.69) is 27.7 Å². The average Bonchev–Trinajstić information content (AvgIpc) is 0.818. The zero-order chi connectivity index (χ0) is 106. The van der Waals surface area contributed by atoms with Crippen molar-refractivity contribution in [2.75, 3.05) is 79.3 Å². The molecule has 27 N–H and O–H groups in total. The van der Waals surface area contributed by atoms with Crippen LogP contribution < -0.4 is 0 Å². The molecular formula is C98H194O43. The van der Waals surface area contributed by atoms with Gasteiger partial charge in [0.15, 0.2) is 50.3 Å². The first-order chi connectivity index (χ1) is 68.9. The van der Waals surface area contributed by atoms with Crippen LogP contribution in [0.1, 0.15) is 305 Å². The number of unbranched alkanes of at least 4 members (excludes halogenated alkanes) is 33. The summed E-state index contributed by atoms with van der Waals surface area (Å²) >= 11 is 0. The first-order valence-electron chi connectivity index (χ1n) is 54.0. The maximum Gasteiger partial charge on any atom is 0.187 e. The van der Waals surface area contributed by atoms with Gasteiger partial charge in [-0.25, -0.2) is 0 Å². The van der Waals surface area contributed by atoms with E-state index in [4.69, 9.17) is 81.7 Å². The summed E-state index contributed by atoms with van der Waals surface area (Å²) in [4.78, 5) is 0. The van der Waals surface area contributed by atoms with Crippen molar-refractivity contribution in [3.63, 3.8) is 0 Å². The van der Waals surface area contributed by atoms with E-state index in [1.807, 2.05) is 0 Å². The number of hydrogen-bond donors (Lipinski definition) is 27. The summed E-state index contributed by atoms with van der Waals surface area (Å²) in [6.07, 6.45) is -15.1. The van der Waals surface area contributed by atoms with Gasteiger partial charge in [-0.3, -0.25) is 0 Å². The maximum absolute atomic E-state index is 11.4. The zero-order valence-electron chi connectivity index (χ0n) is 86.4. The molecule has 43 nitrogen and oxygen atoms in total. The highest BCUT2D eigenvalue weighted by molar-refractivity contribution is 5.00. The molecular weight excluding hydrogens is 1870 g/mol. The van der Waals surface area contributed by atoms with Crippen molar-refractivity contribution >= 4 is 0 Å². The van der Waals surface area contributed by atoms with Crippen molar-refractivity contribution in [1.29, 1.82) is 0 Å². The summed E-state index contributed by atoms with van der Waals surface area (Å²) < 4.78 is 111. The summed E-state index contributed by atoms with van der Waals surface area (Å²) in [7, 11) is 0. The lowest BCUT2D eigenvalue weighted by atomic mass is 9.79. The van der Waals surface area contributed by atoms with Crippen LogP contribution in [0.5, 0.6) is 0 Å². The highest BCUT2D eigenvalue weighted by atomic mass is 16.8. The Balaban J connectivity index is 0.000000780. The standard InChI is InChI=1S/C47H88O21.C25H48O11.C24H46O11.2CH4.2H2/c1-3-5-7-9-11-13-15-17-19-47(20-18-16-14-12-10-8-6-4-2,26-61-44-40(59)37(56)42(31(24-50)65-44)67-33-21-28(52)34(53)29(22-48)63-33)27-62-45-41(60)38(57)43(32(25-51)66-45)68-46-39(58)36(55)35(54)30(23-49)64-46;1-2-3-4-5-6-7-8-9-10-11-12-13-33-24-22(32)20(30)23(17(15-27)35-24)36-25-21(31)19(29)18(28)16(14-26)34-25;1-2-3-4-5-6-7-8-9-10-11-12-32-23-21(31)19(29)22(16(14-26)34-23)35-24-20(30)18(28)17(27)15(13-25)33-24;;;;/h28-46,48-60H,3-27H2,1-2H3;16-32H,2-15H2,1H3;15-31H,2-14H2,1H3;2*1H4;2*1H/t28?,29?,30?,31?,32?,33-,34+,35-,36?,37?,38?,39+,40+,41+,42-,43-,44-,45?,46?;16?,17?,18-,19?,20?,21+,22+,23-,24?,25?;15?,16?,17-,18?,19?,20+,21+,22-,23?,24?;;;;/m000..../s1/i;;;;;1+2D;1+1D. The Bertz CT molecular complexity index is 3010. The largest absolute Gasteiger partial charge is 0.394 e. The summed E-state index contributed by atoms with van der Waals surface area (Å²) in [5.41, 5.74) is -0.834. The van der Waals surface area contributed by atoms with Crippen molar-refractivity contribution in [2.45, 2.75) is 539 Å². The van der Waals surface area contributed by atoms with Gasteiger partial charge >= 0.3 is 0 Å². The summed E-state index contributed by atoms with van der Waals surface area (Å²) in [6.45, 7) is 3.99. The molecule has 0 spiro atoms. The predicted octanol–water partition coefficient (Wildman–Crippen LogP) is 0.595. The van der Waals surface area contributed by atoms with Gasteiger partial charge in [0.05, 0.1) is 72.2 Å². The highest BCUT2D eigenvalue weighted by Crippen LogP contribution is 2.41. The fourth-order valence-corrected chi connectivity index (χ4v) is 18.8. The average molecular weight is 2070 g/mol. The van der Waals surface area contributed by atoms with Crippen LogP contribution in [0.4, 0.5) is 0 Å². The lowest BCUT2D eigenvalue weighted by Crippen LogP contribution is -2.64. The van der Waals surface area contributed by atoms with E-state index < -0.39 is 298 Å². The van der Waals surface area contributed by atoms with Gasteiger partial charge in [0.1, 0.15) is 183 Å². The van der Waals surface area contributed by atoms with E-state index in [1.54, 1.807) is 0 Å². The third-order valence-corrected chi connectivity index (χ3v) is 27.8. The summed E-state index contributed by atoms with van der Waals surface area (Å²) in [5.74, 6) is 0. The molecule has 8 aliphatic heterocycles. The lowest BCUT2D eigenvalue weighted by Gasteiger charge is -2.47. The van der Waals surface area contributed by atoms with E-state index in [0.717, 1.165) is 128 Å². The lowest BCUT2D eigenvalue weighted by molar-refractivity contribution is -0.362. The number of ether oxygens (including phenoxy) is 16. The molecule has 8 aliphatic rings. The Kier molecular flexibility index (Phi) is 66.0. The Morgan fingerprint density at radius 2 is 0.440 bits per heavy atom. The maximum atomic E-state index is 11.4. The Labute approximate surface area is 840 Å². The fourth-order valence-electron chi connectivity index (χ4n) is 18.8. The molecule has 22 unspecified atom stereocenters. The fraction of sp³-hybridized carbons (Fsp3) is 1.00. The third kappa shape index (κ3) is 42.0. The molecule has 0 aromatic heterocycles. The van der Waals surface area contributed by atoms with Crippen LogP contribution in [0.2, 0.25) is 0 Å². The van der Waals surface area contributed by atoms with E-state index in [0.29, 0.717) is 26.1 Å². The SMILES string of the molecule is C.C.CCCCCCCCCCC(CCCCCCCCCC)(COC1OC(CO)[C@H](OC2OC(CO)[C@H](O)C(O)[C@H]2O)C(O)[C@H]1O)CO[C@H]1OC(CO)[C@H](O[C@H]2CC(O)[C@@H](O)C(CO)O2)C(O)[C@H]1O.CCCCCCCCCCCCCOC1OC(CO)[C@H](OC2OC(CO)[C@H](O)C(O)[C@H]2O)C(O)[C@H]1O.CCCCCCCCCCCCOC1OC(CO)[C@H](OC2OC(CO)[C@H](O)C(O)[C@H]2O)C(O)[C@H]1O.[2H][2H].[2H][3H]. The van der Waals surface area contributed by atoms with E-state index >= 15 is 0 Å². The van der Waals surface area contributed by atoms with Gasteiger partial charge in [-0.2, -0.15) is 0 Å². The molecule has 0 bridgehead atoms. The molecule has 8 fully saturated rings. The second-order valence-corrected chi connectivity index (χ2v) is 38.9. The van der Waals surface area contributed by atoms with Gasteiger partial charge in [0.2, 0.25) is 0 Å². The van der Waals surface area contributed by atoms with Crippen LogP contribution in [-0.4, -0.2) is 457 Å². The first-order valence-corrected chi connectivity index (χ1v) is 52.0. The summed E-state index contributed by atoms with van der Waals surface area (Å²) in [6, 6.07) is 0. The topological polar surface area (TPSA) is 694 Å². The Hall–Kier alpha value is -1.72. The molecule has 0 aromatic rings. The van der Waals surface area contributed by atoms with Gasteiger partial charge in [0, 0.05) is 31.0 Å². The van der Waals surface area contributed by atoms with Gasteiger partial charge in [0.25, 0.3) is 0 Å². The second-order valence-electron chi connectivity index (χ2n) is 38.9. The number of aliphatic hydroxyl groups is 27. The van der Waals surface area contributed by atoms with Crippen LogP contribution in [-0.2, 0) is 75.8 Å². The van der Waals surface area contributed by atoms with Crippen molar-refractivity contribution in [2.24, 2.45) is 5.41 Å². The van der Waals surface area contributed by atoms with Crippen molar-refractivity contribution in [1.82, 2.24) is 0 Å². The smallest absolute Gasteiger partial charge is 0.187 e. The molecule has 0 radical (unpaired) electrons. The number of hydrogen-bond acceptors (Lipinski definition) is 43. The molecule has 0 aromatic carbocycles. The minimum absolute atomic E-state index is 0. The minimum Gasteiger partial charge on any atom is -0.394 e. The molecule has 0 amide bonds. The molecule has 8 saturated heterocycles. The summed E-state index contributed by atoms with van der Waals surface area (Å²) in [5, 5.41) is 278. The predicted molar refractivity (Wildman–Crippen MR) is 511 cm³/mol. The minimum atomic E-state index is -1.83. The molecule has 844 valence electrons. The number of rotatable bonds is 65. The van der Waals surface area contributed by atoms with Crippen molar-refractivity contribution in [3.8, 4) is 0 Å². The third-order valence-electron chi connectivity index (χ3n) is 27.8. The van der Waals surface area contributed by atoms with E-state index in [1.165, 1.54) is 109 Å². The van der Waals surface area contributed by atoms with Gasteiger partial charge in [-0.15, -0.1) is 0 Å². The molecule has 0 saturated carbocycles. The molecule has 141 heavy (non-hydrogen) atoms. The molecule has 43 heteroatoms. The van der Waals surface area contributed by atoms with Gasteiger partial charge in [-0.1, -0.05) is 267 Å². The second kappa shape index (κ2) is 72.7. The highest BCUT2D eigenvalue weighted by Gasteiger charge is 2.57. The Morgan fingerprint density at radius 3 is 0.688 bits per heavy atom. The first kappa shape index (κ1) is 128. The van der Waals surface area contributed by atoms with Gasteiger partial charge in [-0.05, 0) is 25.7 Å². The van der Waals surface area contributed by atoms with E-state index in [9.17, 15) is 138 Å². The molecule has 0 aliphatic carbocycles. The van der Waals surface area contributed by atoms with Crippen LogP contribution in [0.25, 0.3) is 0 Å².